The highest BCUT2D eigenvalue weighted by Crippen LogP contribution is 2.38. The molecule has 0 N–H and O–H groups in total. The standard InChI is InChI=1S/C43H45N5O5/c1-51-39-27-36-38(44-29-33-14-11-23-47(33)42(36)49)28-40(39)53-25-10-4-9-24-52-34-18-15-31(16-19-34)48-41(30-12-5-2-6-13-30)45-37-20-17-32(26-35(37)43(48)50)46-21-7-3-8-22-46/h2,5-6,12-13,15-20,26-29,33H,3-4,7-11,14,21-25H2,1H3/t33-/m0/s1. The van der Waals surface area contributed by atoms with Crippen LogP contribution in [0.15, 0.2) is 94.7 Å². The van der Waals surface area contributed by atoms with Crippen LogP contribution in [0.2, 0.25) is 0 Å². The van der Waals surface area contributed by atoms with E-state index in [9.17, 15) is 9.59 Å². The van der Waals surface area contributed by atoms with Crippen LogP contribution < -0.4 is 24.7 Å². The van der Waals surface area contributed by atoms with E-state index < -0.39 is 0 Å². The normalized spacial score (nSPS) is 16.7. The summed E-state index contributed by atoms with van der Waals surface area (Å²) in [6, 6.07) is 27.2. The molecule has 10 heteroatoms. The molecule has 1 aromatic heterocycles. The van der Waals surface area contributed by atoms with Gasteiger partial charge in [0, 0.05) is 43.2 Å². The van der Waals surface area contributed by atoms with Crippen molar-refractivity contribution in [3.63, 3.8) is 0 Å². The zero-order chi connectivity index (χ0) is 36.1. The van der Waals surface area contributed by atoms with Gasteiger partial charge in [-0.05, 0) is 99.9 Å². The molecule has 0 radical (unpaired) electrons. The molecule has 1 atom stereocenters. The van der Waals surface area contributed by atoms with Gasteiger partial charge < -0.3 is 24.0 Å². The summed E-state index contributed by atoms with van der Waals surface area (Å²) in [5.74, 6) is 2.47. The Hall–Kier alpha value is -5.64. The molecule has 0 spiro atoms. The molecule has 1 amide bonds. The molecule has 0 bridgehead atoms. The highest BCUT2D eigenvalue weighted by molar-refractivity contribution is 6.03. The maximum Gasteiger partial charge on any atom is 0.266 e. The first-order valence-corrected chi connectivity index (χ1v) is 18.9. The number of aromatic nitrogens is 2. The summed E-state index contributed by atoms with van der Waals surface area (Å²) in [6.07, 6.45) is 10.0. The number of ether oxygens (including phenoxy) is 3. The molecule has 10 nitrogen and oxygen atoms in total. The molecule has 3 aliphatic rings. The molecule has 4 heterocycles. The monoisotopic (exact) mass is 711 g/mol. The summed E-state index contributed by atoms with van der Waals surface area (Å²) in [4.78, 5) is 41.3. The van der Waals surface area contributed by atoms with E-state index in [-0.39, 0.29) is 17.5 Å². The summed E-state index contributed by atoms with van der Waals surface area (Å²) < 4.78 is 19.5. The number of hydrogen-bond donors (Lipinski definition) is 0. The van der Waals surface area contributed by atoms with E-state index in [1.165, 1.54) is 19.3 Å². The number of aliphatic imine (C=N–C) groups is 1. The predicted octanol–water partition coefficient (Wildman–Crippen LogP) is 8.00. The minimum atomic E-state index is -0.0892. The van der Waals surface area contributed by atoms with Crippen LogP contribution in [0, 0.1) is 0 Å². The van der Waals surface area contributed by atoms with Crippen molar-refractivity contribution in [3.05, 3.63) is 101 Å². The van der Waals surface area contributed by atoms with E-state index >= 15 is 0 Å². The zero-order valence-corrected chi connectivity index (χ0v) is 30.2. The van der Waals surface area contributed by atoms with E-state index in [1.54, 1.807) is 17.7 Å². The van der Waals surface area contributed by atoms with Gasteiger partial charge in [0.25, 0.3) is 11.5 Å². The third kappa shape index (κ3) is 7.23. The first kappa shape index (κ1) is 34.4. The number of piperidine rings is 1. The largest absolute Gasteiger partial charge is 0.494 e. The molecule has 272 valence electrons. The summed E-state index contributed by atoms with van der Waals surface area (Å²) in [7, 11) is 1.59. The van der Waals surface area contributed by atoms with Crippen LogP contribution in [0.4, 0.5) is 11.4 Å². The molecule has 2 saturated heterocycles. The minimum Gasteiger partial charge on any atom is -0.494 e. The van der Waals surface area contributed by atoms with Crippen molar-refractivity contribution in [2.45, 2.75) is 57.4 Å². The van der Waals surface area contributed by atoms with Gasteiger partial charge in [0.05, 0.1) is 54.2 Å². The van der Waals surface area contributed by atoms with Gasteiger partial charge in [0.1, 0.15) is 11.6 Å². The number of fused-ring (bicyclic) bond motifs is 3. The molecule has 3 aliphatic heterocycles. The second-order valence-electron chi connectivity index (χ2n) is 13.9. The number of methoxy groups -OCH3 is 1. The number of nitrogens with zero attached hydrogens (tertiary/aromatic N) is 5. The average Bonchev–Trinajstić information content (AvgIpc) is 3.64. The van der Waals surface area contributed by atoms with Gasteiger partial charge in [-0.25, -0.2) is 4.98 Å². The van der Waals surface area contributed by atoms with Crippen LogP contribution >= 0.6 is 0 Å². The smallest absolute Gasteiger partial charge is 0.266 e. The second-order valence-corrected chi connectivity index (χ2v) is 13.9. The molecule has 5 aromatic rings. The van der Waals surface area contributed by atoms with Gasteiger partial charge in [-0.2, -0.15) is 0 Å². The van der Waals surface area contributed by atoms with Gasteiger partial charge in [-0.1, -0.05) is 30.3 Å². The Balaban J connectivity index is 0.898. The Labute approximate surface area is 309 Å². The van der Waals surface area contributed by atoms with Crippen molar-refractivity contribution < 1.29 is 19.0 Å². The number of amides is 1. The van der Waals surface area contributed by atoms with Gasteiger partial charge in [0.2, 0.25) is 0 Å². The summed E-state index contributed by atoms with van der Waals surface area (Å²) in [6.45, 7) is 3.84. The maximum absolute atomic E-state index is 14.2. The fraction of sp³-hybridized carbons (Fsp3) is 0.349. The minimum absolute atomic E-state index is 0.00213. The Morgan fingerprint density at radius 1 is 0.755 bits per heavy atom. The van der Waals surface area contributed by atoms with Crippen molar-refractivity contribution in [1.82, 2.24) is 14.5 Å². The topological polar surface area (TPSA) is 98.5 Å². The Morgan fingerprint density at radius 3 is 2.32 bits per heavy atom. The van der Waals surface area contributed by atoms with Crippen LogP contribution in [-0.4, -0.2) is 72.6 Å². The van der Waals surface area contributed by atoms with Crippen molar-refractivity contribution >= 4 is 34.4 Å². The molecule has 0 saturated carbocycles. The fourth-order valence-electron chi connectivity index (χ4n) is 7.61. The quantitative estimate of drug-likeness (QED) is 0.121. The van der Waals surface area contributed by atoms with Crippen molar-refractivity contribution in [2.75, 3.05) is 44.9 Å². The number of anilines is 1. The van der Waals surface area contributed by atoms with Gasteiger partial charge in [0.15, 0.2) is 11.5 Å². The number of rotatable bonds is 12. The molecule has 4 aromatic carbocycles. The summed E-state index contributed by atoms with van der Waals surface area (Å²) in [5.41, 5.74) is 4.47. The number of carbonyl (C=O) groups excluding carboxylic acids is 1. The van der Waals surface area contributed by atoms with Crippen molar-refractivity contribution in [1.29, 1.82) is 0 Å². The van der Waals surface area contributed by atoms with Gasteiger partial charge >= 0.3 is 0 Å². The lowest BCUT2D eigenvalue weighted by Gasteiger charge is -2.29. The van der Waals surface area contributed by atoms with E-state index in [0.717, 1.165) is 74.4 Å². The van der Waals surface area contributed by atoms with Crippen LogP contribution in [0.1, 0.15) is 61.7 Å². The third-order valence-corrected chi connectivity index (χ3v) is 10.5. The first-order chi connectivity index (χ1) is 26.1. The van der Waals surface area contributed by atoms with Gasteiger partial charge in [-0.3, -0.25) is 19.1 Å². The van der Waals surface area contributed by atoms with Crippen LogP contribution in [0.3, 0.4) is 0 Å². The SMILES string of the molecule is COc1cc2c(cc1OCCCCCOc1ccc(-n3c(-c4ccccc4)nc4ccc(N5CCCCC5)cc4c3=O)cc1)N=C[C@@H]1CCCN1C2=O. The average molecular weight is 712 g/mol. The Bertz CT molecular complexity index is 2180. The highest BCUT2D eigenvalue weighted by atomic mass is 16.5. The molecule has 0 unspecified atom stereocenters. The summed E-state index contributed by atoms with van der Waals surface area (Å²) >= 11 is 0. The third-order valence-electron chi connectivity index (χ3n) is 10.5. The zero-order valence-electron chi connectivity index (χ0n) is 30.2. The van der Waals surface area contributed by atoms with E-state index in [4.69, 9.17) is 19.2 Å². The first-order valence-electron chi connectivity index (χ1n) is 18.9. The maximum atomic E-state index is 14.2. The van der Waals surface area contributed by atoms with Crippen LogP contribution in [-0.2, 0) is 0 Å². The molecule has 2 fully saturated rings. The van der Waals surface area contributed by atoms with E-state index in [2.05, 4.69) is 16.0 Å². The summed E-state index contributed by atoms with van der Waals surface area (Å²) in [5, 5.41) is 0.612. The van der Waals surface area contributed by atoms with Gasteiger partial charge in [-0.15, -0.1) is 0 Å². The second kappa shape index (κ2) is 15.5. The lowest BCUT2D eigenvalue weighted by atomic mass is 10.1. The lowest BCUT2D eigenvalue weighted by molar-refractivity contribution is 0.0774. The Kier molecular flexibility index (Phi) is 10.1. The van der Waals surface area contributed by atoms with Crippen LogP contribution in [0.5, 0.6) is 17.2 Å². The number of hydrogen-bond acceptors (Lipinski definition) is 8. The van der Waals surface area contributed by atoms with Crippen molar-refractivity contribution in [2.24, 2.45) is 4.99 Å². The van der Waals surface area contributed by atoms with E-state index in [0.29, 0.717) is 52.7 Å². The van der Waals surface area contributed by atoms with Crippen LogP contribution in [0.25, 0.3) is 28.0 Å². The fourth-order valence-corrected chi connectivity index (χ4v) is 7.61. The molecule has 8 rings (SSSR count). The molecule has 53 heavy (non-hydrogen) atoms. The lowest BCUT2D eigenvalue weighted by Crippen LogP contribution is -2.35. The highest BCUT2D eigenvalue weighted by Gasteiger charge is 2.32. The number of unbranched alkanes of at least 4 members (excludes halogenated alkanes) is 2. The number of carbonyl (C=O) groups is 1. The van der Waals surface area contributed by atoms with E-state index in [1.807, 2.05) is 83.9 Å². The molecular formula is C43H45N5O5. The molecular weight excluding hydrogens is 667 g/mol. The molecule has 0 aliphatic carbocycles. The van der Waals surface area contributed by atoms with Crippen molar-refractivity contribution in [3.8, 4) is 34.3 Å². The number of benzene rings is 4. The Morgan fingerprint density at radius 2 is 1.53 bits per heavy atom. The predicted molar refractivity (Wildman–Crippen MR) is 209 cm³/mol.